The Labute approximate surface area is 116 Å². The van der Waals surface area contributed by atoms with Gasteiger partial charge in [-0.3, -0.25) is 14.4 Å². The molecule has 1 heterocycles. The second-order valence-electron chi connectivity index (χ2n) is 4.56. The summed E-state index contributed by atoms with van der Waals surface area (Å²) in [7, 11) is 0. The van der Waals surface area contributed by atoms with Crippen LogP contribution in [0.4, 0.5) is 0 Å². The molecule has 7 heteroatoms. The Balaban J connectivity index is 2.17. The number of nitrogens with zero attached hydrogens (tertiary/aromatic N) is 1. The highest BCUT2D eigenvalue weighted by molar-refractivity contribution is 8.00. The van der Waals surface area contributed by atoms with Crippen LogP contribution in [0, 0.1) is 0 Å². The van der Waals surface area contributed by atoms with E-state index in [1.807, 2.05) is 4.90 Å². The van der Waals surface area contributed by atoms with Crippen LogP contribution in [0.3, 0.4) is 0 Å². The van der Waals surface area contributed by atoms with Crippen molar-refractivity contribution in [3.8, 4) is 0 Å². The van der Waals surface area contributed by atoms with Crippen LogP contribution in [0.2, 0.25) is 0 Å². The summed E-state index contributed by atoms with van der Waals surface area (Å²) in [6.45, 7) is 3.02. The van der Waals surface area contributed by atoms with Gasteiger partial charge in [0.25, 0.3) is 0 Å². The molecule has 2 amide bonds. The summed E-state index contributed by atoms with van der Waals surface area (Å²) in [5.41, 5.74) is 0. The molecule has 0 aromatic carbocycles. The van der Waals surface area contributed by atoms with Gasteiger partial charge >= 0.3 is 5.97 Å². The lowest BCUT2D eigenvalue weighted by Gasteiger charge is -2.26. The van der Waals surface area contributed by atoms with Gasteiger partial charge in [0, 0.05) is 13.1 Å². The maximum absolute atomic E-state index is 11.8. The predicted molar refractivity (Wildman–Crippen MR) is 73.0 cm³/mol. The fourth-order valence-corrected chi connectivity index (χ4v) is 2.54. The molecule has 0 aromatic heterocycles. The molecular weight excluding hydrogens is 268 g/mol. The third kappa shape index (κ3) is 5.96. The van der Waals surface area contributed by atoms with Crippen LogP contribution in [-0.2, 0) is 14.4 Å². The third-order valence-corrected chi connectivity index (χ3v) is 3.83. The normalized spacial score (nSPS) is 16.8. The minimum absolute atomic E-state index is 0.0591. The zero-order chi connectivity index (χ0) is 14.3. The van der Waals surface area contributed by atoms with Crippen molar-refractivity contribution in [1.29, 1.82) is 0 Å². The SMILES string of the molecule is C[C@@H](NC(=O)CSCC(=O)N1CCCCC1)C(=O)O. The fourth-order valence-electron chi connectivity index (χ4n) is 1.81. The van der Waals surface area contributed by atoms with Crippen LogP contribution >= 0.6 is 11.8 Å². The first kappa shape index (κ1) is 15.8. The molecule has 1 atom stereocenters. The van der Waals surface area contributed by atoms with Gasteiger partial charge in [-0.2, -0.15) is 0 Å². The second-order valence-corrected chi connectivity index (χ2v) is 5.55. The van der Waals surface area contributed by atoms with Crippen LogP contribution in [0.25, 0.3) is 0 Å². The van der Waals surface area contributed by atoms with Gasteiger partial charge in [-0.15, -0.1) is 11.8 Å². The van der Waals surface area contributed by atoms with Gasteiger partial charge in [-0.25, -0.2) is 0 Å². The van der Waals surface area contributed by atoms with E-state index in [0.29, 0.717) is 0 Å². The first-order valence-electron chi connectivity index (χ1n) is 6.38. The number of hydrogen-bond acceptors (Lipinski definition) is 4. The lowest BCUT2D eigenvalue weighted by molar-refractivity contribution is -0.140. The number of hydrogen-bond donors (Lipinski definition) is 2. The molecule has 1 fully saturated rings. The number of carboxylic acids is 1. The lowest BCUT2D eigenvalue weighted by atomic mass is 10.1. The molecule has 0 saturated carbocycles. The number of amides is 2. The second kappa shape index (κ2) is 8.04. The van der Waals surface area contributed by atoms with Crippen LogP contribution in [0.15, 0.2) is 0 Å². The van der Waals surface area contributed by atoms with Crippen LogP contribution < -0.4 is 5.32 Å². The molecule has 0 unspecified atom stereocenters. The van der Waals surface area contributed by atoms with Crippen LogP contribution in [0.5, 0.6) is 0 Å². The average Bonchev–Trinajstić information content (AvgIpc) is 2.39. The van der Waals surface area contributed by atoms with E-state index in [-0.39, 0.29) is 23.3 Å². The Kier molecular flexibility index (Phi) is 6.69. The zero-order valence-corrected chi connectivity index (χ0v) is 11.9. The minimum Gasteiger partial charge on any atom is -0.480 e. The van der Waals surface area contributed by atoms with Crippen molar-refractivity contribution in [2.45, 2.75) is 32.2 Å². The van der Waals surface area contributed by atoms with Crippen molar-refractivity contribution < 1.29 is 19.5 Å². The fraction of sp³-hybridized carbons (Fsp3) is 0.750. The number of nitrogens with one attached hydrogen (secondary N) is 1. The van der Waals surface area contributed by atoms with E-state index in [0.717, 1.165) is 25.9 Å². The van der Waals surface area contributed by atoms with E-state index in [1.165, 1.54) is 25.1 Å². The average molecular weight is 288 g/mol. The largest absolute Gasteiger partial charge is 0.480 e. The molecule has 0 bridgehead atoms. The van der Waals surface area contributed by atoms with E-state index < -0.39 is 12.0 Å². The van der Waals surface area contributed by atoms with Crippen molar-refractivity contribution in [1.82, 2.24) is 10.2 Å². The molecule has 2 N–H and O–H groups in total. The summed E-state index contributed by atoms with van der Waals surface area (Å²) in [6, 6.07) is -0.897. The third-order valence-electron chi connectivity index (χ3n) is 2.92. The first-order chi connectivity index (χ1) is 9.00. The zero-order valence-electron chi connectivity index (χ0n) is 11.1. The summed E-state index contributed by atoms with van der Waals surface area (Å²) in [4.78, 5) is 35.6. The molecule has 0 aromatic rings. The Bertz CT molecular complexity index is 343. The maximum atomic E-state index is 11.8. The number of carbonyl (C=O) groups excluding carboxylic acids is 2. The number of likely N-dealkylation sites (tertiary alicyclic amines) is 1. The van der Waals surface area contributed by atoms with E-state index in [4.69, 9.17) is 5.11 Å². The molecule has 1 aliphatic heterocycles. The molecular formula is C12H20N2O4S. The van der Waals surface area contributed by atoms with Gasteiger partial charge in [-0.05, 0) is 26.2 Å². The summed E-state index contributed by atoms with van der Waals surface area (Å²) in [5.74, 6) is -0.982. The van der Waals surface area contributed by atoms with Crippen LogP contribution in [-0.4, -0.2) is 58.4 Å². The van der Waals surface area contributed by atoms with Crippen LogP contribution in [0.1, 0.15) is 26.2 Å². The Morgan fingerprint density at radius 2 is 1.84 bits per heavy atom. The van der Waals surface area contributed by atoms with E-state index >= 15 is 0 Å². The monoisotopic (exact) mass is 288 g/mol. The lowest BCUT2D eigenvalue weighted by Crippen LogP contribution is -2.40. The number of rotatable bonds is 6. The molecule has 0 aliphatic carbocycles. The summed E-state index contributed by atoms with van der Waals surface area (Å²) in [5, 5.41) is 11.0. The van der Waals surface area contributed by atoms with Crippen molar-refractivity contribution in [2.75, 3.05) is 24.6 Å². The number of carboxylic acid groups (broad SMARTS) is 1. The summed E-state index contributed by atoms with van der Waals surface area (Å²) in [6.07, 6.45) is 3.27. The molecule has 19 heavy (non-hydrogen) atoms. The standard InChI is InChI=1S/C12H20N2O4S/c1-9(12(17)18)13-10(15)7-19-8-11(16)14-5-3-2-4-6-14/h9H,2-8H2,1H3,(H,13,15)(H,17,18)/t9-/m1/s1. The highest BCUT2D eigenvalue weighted by Crippen LogP contribution is 2.11. The number of carbonyl (C=O) groups is 3. The van der Waals surface area contributed by atoms with E-state index in [9.17, 15) is 14.4 Å². The van der Waals surface area contributed by atoms with Crippen molar-refractivity contribution in [2.24, 2.45) is 0 Å². The molecule has 1 aliphatic rings. The highest BCUT2D eigenvalue weighted by Gasteiger charge is 2.17. The minimum atomic E-state index is -1.07. The molecule has 0 radical (unpaired) electrons. The maximum Gasteiger partial charge on any atom is 0.325 e. The summed E-state index contributed by atoms with van der Waals surface area (Å²) < 4.78 is 0. The number of aliphatic carboxylic acids is 1. The van der Waals surface area contributed by atoms with Gasteiger partial charge in [0.1, 0.15) is 6.04 Å². The molecule has 0 spiro atoms. The van der Waals surface area contributed by atoms with E-state index in [2.05, 4.69) is 5.32 Å². The van der Waals surface area contributed by atoms with Crippen molar-refractivity contribution in [3.63, 3.8) is 0 Å². The van der Waals surface area contributed by atoms with Gasteiger partial charge < -0.3 is 15.3 Å². The van der Waals surface area contributed by atoms with Crippen molar-refractivity contribution >= 4 is 29.5 Å². The Hall–Kier alpha value is -1.24. The Morgan fingerprint density at radius 1 is 1.21 bits per heavy atom. The number of piperidine rings is 1. The van der Waals surface area contributed by atoms with E-state index in [1.54, 1.807) is 0 Å². The first-order valence-corrected chi connectivity index (χ1v) is 7.54. The Morgan fingerprint density at radius 3 is 2.42 bits per heavy atom. The smallest absolute Gasteiger partial charge is 0.325 e. The van der Waals surface area contributed by atoms with Gasteiger partial charge in [0.05, 0.1) is 11.5 Å². The van der Waals surface area contributed by atoms with Crippen molar-refractivity contribution in [3.05, 3.63) is 0 Å². The molecule has 6 nitrogen and oxygen atoms in total. The predicted octanol–water partition coefficient (Wildman–Crippen LogP) is 0.321. The summed E-state index contributed by atoms with van der Waals surface area (Å²) >= 11 is 1.22. The highest BCUT2D eigenvalue weighted by atomic mass is 32.2. The van der Waals surface area contributed by atoms with Gasteiger partial charge in [0.2, 0.25) is 11.8 Å². The topological polar surface area (TPSA) is 86.7 Å². The van der Waals surface area contributed by atoms with Gasteiger partial charge in [-0.1, -0.05) is 0 Å². The molecule has 1 rings (SSSR count). The quantitative estimate of drug-likeness (QED) is 0.735. The molecule has 108 valence electrons. The van der Waals surface area contributed by atoms with Gasteiger partial charge in [0.15, 0.2) is 0 Å². The number of thioether (sulfide) groups is 1. The molecule has 1 saturated heterocycles.